The fourth-order valence-electron chi connectivity index (χ4n) is 3.00. The molecule has 1 aromatic carbocycles. The normalized spacial score (nSPS) is 15.2. The number of hydrogen-bond acceptors (Lipinski definition) is 2. The molecule has 3 N–H and O–H groups in total. The molecule has 0 atom stereocenters. The third-order valence-electron chi connectivity index (χ3n) is 4.27. The molecule has 1 fully saturated rings. The maximum atomic E-state index is 13.2. The van der Waals surface area contributed by atoms with Gasteiger partial charge in [-0.15, -0.1) is 0 Å². The standard InChI is InChI=1S/C19H29FN4O/c1-2-21-19(22-12-10-15-6-5-7-16(20)14-15)23-13-11-18(25)24-17-8-3-4-9-17/h5-7,14,17H,2-4,8-13H2,1H3,(H,24,25)(H2,21,22,23). The molecule has 1 aliphatic carbocycles. The Bertz CT molecular complexity index is 570. The molecule has 6 heteroatoms. The number of rotatable bonds is 8. The summed E-state index contributed by atoms with van der Waals surface area (Å²) in [5.41, 5.74) is 0.944. The molecule has 138 valence electrons. The number of nitrogens with one attached hydrogen (secondary N) is 3. The van der Waals surface area contributed by atoms with Crippen molar-refractivity contribution in [3.05, 3.63) is 35.6 Å². The first-order valence-electron chi connectivity index (χ1n) is 9.23. The molecule has 2 rings (SSSR count). The van der Waals surface area contributed by atoms with Crippen molar-refractivity contribution in [1.82, 2.24) is 16.0 Å². The van der Waals surface area contributed by atoms with Crippen molar-refractivity contribution in [3.8, 4) is 0 Å². The van der Waals surface area contributed by atoms with Crippen LogP contribution in [0.5, 0.6) is 0 Å². The number of aliphatic imine (C=N–C) groups is 1. The monoisotopic (exact) mass is 348 g/mol. The van der Waals surface area contributed by atoms with Gasteiger partial charge in [-0.1, -0.05) is 25.0 Å². The van der Waals surface area contributed by atoms with Crippen LogP contribution in [0.25, 0.3) is 0 Å². The Balaban J connectivity index is 1.70. The molecular formula is C19H29FN4O. The van der Waals surface area contributed by atoms with Gasteiger partial charge in [0.1, 0.15) is 5.82 Å². The molecule has 0 spiro atoms. The lowest BCUT2D eigenvalue weighted by molar-refractivity contribution is -0.121. The summed E-state index contributed by atoms with van der Waals surface area (Å²) < 4.78 is 13.2. The van der Waals surface area contributed by atoms with E-state index in [2.05, 4.69) is 20.9 Å². The highest BCUT2D eigenvalue weighted by molar-refractivity contribution is 5.80. The van der Waals surface area contributed by atoms with Crippen LogP contribution in [0.4, 0.5) is 4.39 Å². The molecule has 0 aliphatic heterocycles. The molecule has 0 saturated heterocycles. The number of halogens is 1. The Morgan fingerprint density at radius 1 is 1.28 bits per heavy atom. The van der Waals surface area contributed by atoms with Gasteiger partial charge in [0, 0.05) is 25.6 Å². The van der Waals surface area contributed by atoms with Gasteiger partial charge in [0.25, 0.3) is 0 Å². The average Bonchev–Trinajstić information content (AvgIpc) is 3.08. The zero-order valence-electron chi connectivity index (χ0n) is 15.0. The average molecular weight is 348 g/mol. The van der Waals surface area contributed by atoms with Crippen molar-refractivity contribution < 1.29 is 9.18 Å². The zero-order chi connectivity index (χ0) is 17.9. The molecule has 0 unspecified atom stereocenters. The summed E-state index contributed by atoms with van der Waals surface area (Å²) in [4.78, 5) is 16.3. The van der Waals surface area contributed by atoms with Crippen molar-refractivity contribution in [2.75, 3.05) is 19.6 Å². The van der Waals surface area contributed by atoms with Gasteiger partial charge in [0.2, 0.25) is 5.91 Å². The minimum atomic E-state index is -0.216. The largest absolute Gasteiger partial charge is 0.357 e. The van der Waals surface area contributed by atoms with Crippen molar-refractivity contribution in [3.63, 3.8) is 0 Å². The second kappa shape index (κ2) is 10.7. The number of carbonyl (C=O) groups excluding carboxylic acids is 1. The van der Waals surface area contributed by atoms with Crippen LogP contribution in [0.15, 0.2) is 29.3 Å². The summed E-state index contributed by atoms with van der Waals surface area (Å²) >= 11 is 0. The maximum Gasteiger partial charge on any atom is 0.222 e. The molecule has 1 amide bonds. The van der Waals surface area contributed by atoms with Crippen LogP contribution >= 0.6 is 0 Å². The number of benzene rings is 1. The highest BCUT2D eigenvalue weighted by atomic mass is 19.1. The summed E-state index contributed by atoms with van der Waals surface area (Å²) in [6.45, 7) is 3.86. The van der Waals surface area contributed by atoms with Crippen LogP contribution in [0.3, 0.4) is 0 Å². The van der Waals surface area contributed by atoms with Crippen LogP contribution in [0, 0.1) is 5.82 Å². The zero-order valence-corrected chi connectivity index (χ0v) is 15.0. The quantitative estimate of drug-likeness (QED) is 0.499. The molecule has 0 heterocycles. The van der Waals surface area contributed by atoms with Crippen LogP contribution in [-0.2, 0) is 11.2 Å². The lowest BCUT2D eigenvalue weighted by Gasteiger charge is -2.13. The first-order chi connectivity index (χ1) is 12.2. The third-order valence-corrected chi connectivity index (χ3v) is 4.27. The predicted octanol–water partition coefficient (Wildman–Crippen LogP) is 2.37. The third kappa shape index (κ3) is 7.54. The summed E-state index contributed by atoms with van der Waals surface area (Å²) in [5, 5.41) is 9.45. The Labute approximate surface area is 149 Å². The molecule has 0 radical (unpaired) electrons. The van der Waals surface area contributed by atoms with Crippen molar-refractivity contribution in [2.45, 2.75) is 51.5 Å². The van der Waals surface area contributed by atoms with Gasteiger partial charge in [-0.25, -0.2) is 4.39 Å². The Morgan fingerprint density at radius 3 is 2.80 bits per heavy atom. The van der Waals surface area contributed by atoms with E-state index in [0.29, 0.717) is 37.9 Å². The van der Waals surface area contributed by atoms with E-state index < -0.39 is 0 Å². The van der Waals surface area contributed by atoms with E-state index in [9.17, 15) is 9.18 Å². The highest BCUT2D eigenvalue weighted by Crippen LogP contribution is 2.17. The van der Waals surface area contributed by atoms with Gasteiger partial charge < -0.3 is 16.0 Å². The van der Waals surface area contributed by atoms with Gasteiger partial charge in [-0.2, -0.15) is 0 Å². The molecule has 25 heavy (non-hydrogen) atoms. The van der Waals surface area contributed by atoms with Crippen LogP contribution in [-0.4, -0.2) is 37.5 Å². The summed E-state index contributed by atoms with van der Waals surface area (Å²) in [6.07, 6.45) is 5.73. The predicted molar refractivity (Wildman–Crippen MR) is 99.1 cm³/mol. The Hall–Kier alpha value is -2.11. The van der Waals surface area contributed by atoms with E-state index in [-0.39, 0.29) is 11.7 Å². The van der Waals surface area contributed by atoms with E-state index in [1.54, 1.807) is 12.1 Å². The molecule has 0 aromatic heterocycles. The van der Waals surface area contributed by atoms with Crippen LogP contribution in [0.2, 0.25) is 0 Å². The lowest BCUT2D eigenvalue weighted by atomic mass is 10.1. The molecular weight excluding hydrogens is 319 g/mol. The number of carbonyl (C=O) groups is 1. The van der Waals surface area contributed by atoms with Crippen molar-refractivity contribution in [2.24, 2.45) is 4.99 Å². The molecule has 0 bridgehead atoms. The highest BCUT2D eigenvalue weighted by Gasteiger charge is 2.16. The number of nitrogens with zero attached hydrogens (tertiary/aromatic N) is 1. The van der Waals surface area contributed by atoms with Crippen molar-refractivity contribution in [1.29, 1.82) is 0 Å². The number of guanidine groups is 1. The molecule has 5 nitrogen and oxygen atoms in total. The van der Waals surface area contributed by atoms with Gasteiger partial charge in [0.15, 0.2) is 5.96 Å². The fraction of sp³-hybridized carbons (Fsp3) is 0.579. The summed E-state index contributed by atoms with van der Waals surface area (Å²) in [7, 11) is 0. The minimum absolute atomic E-state index is 0.0752. The Kier molecular flexibility index (Phi) is 8.22. The van der Waals surface area contributed by atoms with E-state index in [4.69, 9.17) is 0 Å². The lowest BCUT2D eigenvalue weighted by Crippen LogP contribution is -2.38. The van der Waals surface area contributed by atoms with E-state index >= 15 is 0 Å². The fourth-order valence-corrected chi connectivity index (χ4v) is 3.00. The summed E-state index contributed by atoms with van der Waals surface area (Å²) in [5.74, 6) is 0.546. The van der Waals surface area contributed by atoms with E-state index in [1.165, 1.54) is 18.9 Å². The van der Waals surface area contributed by atoms with E-state index in [1.807, 2.05) is 13.0 Å². The first-order valence-corrected chi connectivity index (χ1v) is 9.23. The van der Waals surface area contributed by atoms with Gasteiger partial charge in [0.05, 0.1) is 6.54 Å². The second-order valence-corrected chi connectivity index (χ2v) is 6.37. The number of amides is 1. The smallest absolute Gasteiger partial charge is 0.222 e. The van der Waals surface area contributed by atoms with Crippen LogP contribution < -0.4 is 16.0 Å². The van der Waals surface area contributed by atoms with Crippen molar-refractivity contribution >= 4 is 11.9 Å². The maximum absolute atomic E-state index is 13.2. The van der Waals surface area contributed by atoms with Gasteiger partial charge in [-0.3, -0.25) is 9.79 Å². The minimum Gasteiger partial charge on any atom is -0.357 e. The Morgan fingerprint density at radius 2 is 2.08 bits per heavy atom. The van der Waals surface area contributed by atoms with Crippen LogP contribution in [0.1, 0.15) is 44.6 Å². The topological polar surface area (TPSA) is 65.5 Å². The molecule has 1 aliphatic rings. The number of hydrogen-bond donors (Lipinski definition) is 3. The first kappa shape index (κ1) is 19.2. The molecule has 1 saturated carbocycles. The molecule has 1 aromatic rings. The van der Waals surface area contributed by atoms with Gasteiger partial charge in [-0.05, 0) is 43.9 Å². The second-order valence-electron chi connectivity index (χ2n) is 6.37. The summed E-state index contributed by atoms with van der Waals surface area (Å²) in [6, 6.07) is 6.96. The van der Waals surface area contributed by atoms with E-state index in [0.717, 1.165) is 24.9 Å². The SMILES string of the molecule is CCNC(=NCCC(=O)NC1CCCC1)NCCc1cccc(F)c1. The van der Waals surface area contributed by atoms with Gasteiger partial charge >= 0.3 is 0 Å².